The summed E-state index contributed by atoms with van der Waals surface area (Å²) in [5.41, 5.74) is 0. The summed E-state index contributed by atoms with van der Waals surface area (Å²) >= 11 is 0. The Bertz CT molecular complexity index is 541. The van der Waals surface area contributed by atoms with E-state index < -0.39 is 8.32 Å². The Hall–Kier alpha value is 0.867. The molecule has 0 atom stereocenters. The Balaban J connectivity index is 0. The topological polar surface area (TPSA) is 9.23 Å². The molecule has 280 valence electrons. The molecular formula is C42H90INOSi. The SMILES string of the molecule is CCCCCCCCCCCCCCCCCC[N+](C)(C)CCCCO[Si](CCCCCC)(CCCCCC)CCCCCC.[I-]. The molecule has 0 aromatic carbocycles. The highest BCUT2D eigenvalue weighted by atomic mass is 127. The fraction of sp³-hybridized carbons (Fsp3) is 1.00. The fourth-order valence-corrected chi connectivity index (χ4v) is 11.8. The molecule has 0 N–H and O–H groups in total. The number of quaternary nitrogens is 1. The second-order valence-corrected chi connectivity index (χ2v) is 20.0. The summed E-state index contributed by atoms with van der Waals surface area (Å²) < 4.78 is 8.31. The monoisotopic (exact) mass is 780 g/mol. The second kappa shape index (κ2) is 37.1. The Labute approximate surface area is 311 Å². The van der Waals surface area contributed by atoms with Crippen molar-refractivity contribution in [1.82, 2.24) is 0 Å². The first-order valence-corrected chi connectivity index (χ1v) is 23.9. The molecule has 0 aromatic rings. The predicted octanol–water partition coefficient (Wildman–Crippen LogP) is 11.8. The minimum absolute atomic E-state index is 0. The van der Waals surface area contributed by atoms with E-state index in [0.29, 0.717) is 0 Å². The number of unbranched alkanes of at least 4 members (excludes halogenated alkanes) is 25. The maximum Gasteiger partial charge on any atom is 0.192 e. The molecule has 0 spiro atoms. The third-order valence-electron chi connectivity index (χ3n) is 10.6. The first-order chi connectivity index (χ1) is 21.9. The number of hydrogen-bond acceptors (Lipinski definition) is 1. The van der Waals surface area contributed by atoms with E-state index in [4.69, 9.17) is 4.43 Å². The zero-order valence-corrected chi connectivity index (χ0v) is 36.3. The van der Waals surface area contributed by atoms with Crippen LogP contribution in [0.3, 0.4) is 0 Å². The molecule has 2 nitrogen and oxygen atoms in total. The Morgan fingerprint density at radius 1 is 0.348 bits per heavy atom. The van der Waals surface area contributed by atoms with Gasteiger partial charge in [0.05, 0.1) is 27.2 Å². The molecule has 0 amide bonds. The molecule has 0 saturated heterocycles. The van der Waals surface area contributed by atoms with Gasteiger partial charge in [-0.05, 0) is 43.8 Å². The molecule has 0 aliphatic carbocycles. The molecular weight excluding hydrogens is 689 g/mol. The molecule has 0 bridgehead atoms. The summed E-state index contributed by atoms with van der Waals surface area (Å²) in [6.45, 7) is 13.1. The van der Waals surface area contributed by atoms with Crippen molar-refractivity contribution >= 4 is 8.32 Å². The van der Waals surface area contributed by atoms with Gasteiger partial charge in [-0.2, -0.15) is 0 Å². The highest BCUT2D eigenvalue weighted by Crippen LogP contribution is 2.31. The lowest BCUT2D eigenvalue weighted by molar-refractivity contribution is -0.890. The third-order valence-corrected chi connectivity index (χ3v) is 15.3. The minimum Gasteiger partial charge on any atom is -1.00 e. The van der Waals surface area contributed by atoms with Crippen LogP contribution in [0, 0.1) is 0 Å². The van der Waals surface area contributed by atoms with Crippen LogP contribution in [0.15, 0.2) is 0 Å². The lowest BCUT2D eigenvalue weighted by atomic mass is 10.0. The normalized spacial score (nSPS) is 12.1. The van der Waals surface area contributed by atoms with Gasteiger partial charge in [0.1, 0.15) is 0 Å². The maximum absolute atomic E-state index is 7.11. The van der Waals surface area contributed by atoms with Crippen molar-refractivity contribution in [2.24, 2.45) is 0 Å². The van der Waals surface area contributed by atoms with Gasteiger partial charge < -0.3 is 32.9 Å². The van der Waals surface area contributed by atoms with Gasteiger partial charge in [-0.1, -0.05) is 195 Å². The molecule has 0 aliphatic heterocycles. The summed E-state index contributed by atoms with van der Waals surface area (Å²) in [7, 11) is 3.34. The molecule has 0 saturated carbocycles. The zero-order chi connectivity index (χ0) is 33.2. The summed E-state index contributed by atoms with van der Waals surface area (Å²) in [6.07, 6.45) is 42.7. The summed E-state index contributed by atoms with van der Waals surface area (Å²) in [4.78, 5) is 0. The first kappa shape index (κ1) is 49.0. The Morgan fingerprint density at radius 3 is 0.935 bits per heavy atom. The van der Waals surface area contributed by atoms with E-state index in [1.165, 1.54) is 228 Å². The molecule has 0 unspecified atom stereocenters. The van der Waals surface area contributed by atoms with E-state index in [-0.39, 0.29) is 24.0 Å². The molecule has 0 aromatic heterocycles. The molecule has 0 heterocycles. The average molecular weight is 780 g/mol. The van der Waals surface area contributed by atoms with Crippen molar-refractivity contribution in [2.45, 2.75) is 238 Å². The van der Waals surface area contributed by atoms with E-state index in [2.05, 4.69) is 41.8 Å². The maximum atomic E-state index is 7.11. The second-order valence-electron chi connectivity index (χ2n) is 15.9. The lowest BCUT2D eigenvalue weighted by Gasteiger charge is -2.33. The highest BCUT2D eigenvalue weighted by molar-refractivity contribution is 6.73. The highest BCUT2D eigenvalue weighted by Gasteiger charge is 2.33. The van der Waals surface area contributed by atoms with Gasteiger partial charge in [0, 0.05) is 6.61 Å². The van der Waals surface area contributed by atoms with Crippen LogP contribution >= 0.6 is 0 Å². The standard InChI is InChI=1S/C42H90NOSi.HI/c1-7-11-15-19-20-21-22-23-24-25-26-27-28-29-30-31-37-43(5,6)38-32-33-39-44-45(40-34-16-12-8-2,41-35-17-13-9-3)42-36-18-14-10-4;/h7-42H2,1-6H3;1H/q+1;/p-1. The van der Waals surface area contributed by atoms with Gasteiger partial charge in [0.15, 0.2) is 8.32 Å². The van der Waals surface area contributed by atoms with E-state index in [1.54, 1.807) is 0 Å². The smallest absolute Gasteiger partial charge is 0.192 e. The summed E-state index contributed by atoms with van der Waals surface area (Å²) in [5.74, 6) is 0. The fourth-order valence-electron chi connectivity index (χ4n) is 7.34. The van der Waals surface area contributed by atoms with Gasteiger partial charge in [-0.25, -0.2) is 0 Å². The van der Waals surface area contributed by atoms with Crippen LogP contribution in [0.2, 0.25) is 18.1 Å². The van der Waals surface area contributed by atoms with Crippen molar-refractivity contribution in [3.05, 3.63) is 0 Å². The summed E-state index contributed by atoms with van der Waals surface area (Å²) in [6, 6.07) is 4.31. The minimum atomic E-state index is -1.60. The van der Waals surface area contributed by atoms with Gasteiger partial charge >= 0.3 is 0 Å². The van der Waals surface area contributed by atoms with E-state index in [9.17, 15) is 0 Å². The predicted molar refractivity (Wildman–Crippen MR) is 209 cm³/mol. The van der Waals surface area contributed by atoms with Crippen molar-refractivity contribution < 1.29 is 32.9 Å². The number of halogens is 1. The van der Waals surface area contributed by atoms with Crippen LogP contribution in [0.4, 0.5) is 0 Å². The van der Waals surface area contributed by atoms with E-state index in [1.807, 2.05) is 0 Å². The van der Waals surface area contributed by atoms with E-state index in [0.717, 1.165) is 6.61 Å². The molecule has 0 rings (SSSR count). The average Bonchev–Trinajstić information content (AvgIpc) is 3.03. The van der Waals surface area contributed by atoms with Gasteiger partial charge in [-0.15, -0.1) is 0 Å². The molecule has 46 heavy (non-hydrogen) atoms. The van der Waals surface area contributed by atoms with Crippen LogP contribution < -0.4 is 24.0 Å². The Morgan fingerprint density at radius 2 is 0.609 bits per heavy atom. The quantitative estimate of drug-likeness (QED) is 0.0262. The van der Waals surface area contributed by atoms with Crippen molar-refractivity contribution in [2.75, 3.05) is 33.8 Å². The van der Waals surface area contributed by atoms with Gasteiger partial charge in [0.25, 0.3) is 0 Å². The lowest BCUT2D eigenvalue weighted by Crippen LogP contribution is -3.00. The third kappa shape index (κ3) is 33.4. The van der Waals surface area contributed by atoms with Gasteiger partial charge in [0.2, 0.25) is 0 Å². The van der Waals surface area contributed by atoms with Crippen molar-refractivity contribution in [3.63, 3.8) is 0 Å². The van der Waals surface area contributed by atoms with Crippen LogP contribution in [0.1, 0.15) is 220 Å². The van der Waals surface area contributed by atoms with E-state index >= 15 is 0 Å². The molecule has 0 radical (unpaired) electrons. The molecule has 4 heteroatoms. The number of rotatable bonds is 38. The Kier molecular flexibility index (Phi) is 39.5. The van der Waals surface area contributed by atoms with Crippen LogP contribution in [-0.2, 0) is 4.43 Å². The zero-order valence-electron chi connectivity index (χ0n) is 33.2. The first-order valence-electron chi connectivity index (χ1n) is 21.4. The number of nitrogens with zero attached hydrogens (tertiary/aromatic N) is 1. The van der Waals surface area contributed by atoms with Gasteiger partial charge in [-0.3, -0.25) is 0 Å². The summed E-state index contributed by atoms with van der Waals surface area (Å²) in [5, 5.41) is 0. The van der Waals surface area contributed by atoms with Crippen LogP contribution in [0.25, 0.3) is 0 Å². The van der Waals surface area contributed by atoms with Crippen molar-refractivity contribution in [3.8, 4) is 0 Å². The van der Waals surface area contributed by atoms with Crippen LogP contribution in [0.5, 0.6) is 0 Å². The largest absolute Gasteiger partial charge is 1.00 e. The van der Waals surface area contributed by atoms with Crippen molar-refractivity contribution in [1.29, 1.82) is 0 Å². The number of hydrogen-bond donors (Lipinski definition) is 0. The van der Waals surface area contributed by atoms with Crippen LogP contribution in [-0.4, -0.2) is 46.6 Å². The molecule has 0 aliphatic rings. The molecule has 0 fully saturated rings.